The van der Waals surface area contributed by atoms with Gasteiger partial charge in [-0.3, -0.25) is 4.98 Å². The van der Waals surface area contributed by atoms with Gasteiger partial charge in [0.2, 0.25) is 10.0 Å². The predicted molar refractivity (Wildman–Crippen MR) is 81.1 cm³/mol. The molecule has 0 saturated carbocycles. The molecular formula is C14H16N4O3S. The van der Waals surface area contributed by atoms with Crippen LogP contribution in [0.1, 0.15) is 11.1 Å². The third kappa shape index (κ3) is 4.83. The largest absolute Gasteiger partial charge is 0.334 e. The normalized spacial score (nSPS) is 11.0. The maximum atomic E-state index is 11.7. The van der Waals surface area contributed by atoms with Crippen LogP contribution in [-0.4, -0.2) is 19.4 Å². The maximum absolute atomic E-state index is 11.7. The molecule has 22 heavy (non-hydrogen) atoms. The van der Waals surface area contributed by atoms with Crippen molar-refractivity contribution in [3.63, 3.8) is 0 Å². The minimum Gasteiger partial charge on any atom is -0.334 e. The fourth-order valence-electron chi connectivity index (χ4n) is 1.73. The van der Waals surface area contributed by atoms with E-state index in [1.54, 1.807) is 30.6 Å². The average molecular weight is 320 g/mol. The van der Waals surface area contributed by atoms with Crippen molar-refractivity contribution in [1.29, 1.82) is 0 Å². The molecule has 2 amide bonds. The van der Waals surface area contributed by atoms with Crippen molar-refractivity contribution in [2.24, 2.45) is 5.14 Å². The number of urea groups is 1. The number of primary sulfonamides is 1. The lowest BCUT2D eigenvalue weighted by atomic mass is 10.2. The fourth-order valence-corrected chi connectivity index (χ4v) is 2.24. The quantitative estimate of drug-likeness (QED) is 0.753. The summed E-state index contributed by atoms with van der Waals surface area (Å²) in [7, 11) is -3.70. The molecule has 0 aliphatic heterocycles. The Labute approximate surface area is 128 Å². The molecule has 116 valence electrons. The zero-order chi connectivity index (χ0) is 16.0. The van der Waals surface area contributed by atoms with Gasteiger partial charge in [0, 0.05) is 25.5 Å². The summed E-state index contributed by atoms with van der Waals surface area (Å²) in [4.78, 5) is 15.6. The Kier molecular flexibility index (Phi) is 5.08. The molecule has 0 bridgehead atoms. The van der Waals surface area contributed by atoms with E-state index in [2.05, 4.69) is 15.6 Å². The zero-order valence-electron chi connectivity index (χ0n) is 11.7. The van der Waals surface area contributed by atoms with E-state index in [1.165, 1.54) is 12.1 Å². The number of hydrogen-bond acceptors (Lipinski definition) is 4. The monoisotopic (exact) mass is 320 g/mol. The number of sulfonamides is 1. The topological polar surface area (TPSA) is 114 Å². The lowest BCUT2D eigenvalue weighted by Crippen LogP contribution is -2.34. The number of benzene rings is 1. The molecule has 4 N–H and O–H groups in total. The first-order chi connectivity index (χ1) is 10.4. The molecule has 2 rings (SSSR count). The molecular weight excluding hydrogens is 304 g/mol. The third-order valence-electron chi connectivity index (χ3n) is 2.88. The van der Waals surface area contributed by atoms with E-state index < -0.39 is 10.0 Å². The highest BCUT2D eigenvalue weighted by Crippen LogP contribution is 2.08. The molecule has 1 aromatic carbocycles. The number of amides is 2. The van der Waals surface area contributed by atoms with Crippen molar-refractivity contribution in [3.8, 4) is 0 Å². The first-order valence-electron chi connectivity index (χ1n) is 6.47. The average Bonchev–Trinajstić information content (AvgIpc) is 2.51. The number of nitrogens with two attached hydrogens (primary N) is 1. The van der Waals surface area contributed by atoms with Crippen LogP contribution in [-0.2, 0) is 23.1 Å². The Bertz CT molecular complexity index is 730. The third-order valence-corrected chi connectivity index (χ3v) is 3.81. The summed E-state index contributed by atoms with van der Waals surface area (Å²) in [5.74, 6) is 0. The molecule has 0 spiro atoms. The minimum atomic E-state index is -3.70. The number of pyridine rings is 1. The summed E-state index contributed by atoms with van der Waals surface area (Å²) in [6.45, 7) is 0.661. The second-order valence-electron chi connectivity index (χ2n) is 4.59. The van der Waals surface area contributed by atoms with E-state index >= 15 is 0 Å². The zero-order valence-corrected chi connectivity index (χ0v) is 12.5. The number of hydrogen-bond donors (Lipinski definition) is 3. The van der Waals surface area contributed by atoms with Crippen LogP contribution in [0.3, 0.4) is 0 Å². The van der Waals surface area contributed by atoms with E-state index in [-0.39, 0.29) is 17.5 Å². The Hall–Kier alpha value is -2.45. The van der Waals surface area contributed by atoms with Crippen LogP contribution in [0.15, 0.2) is 53.7 Å². The molecule has 1 aromatic heterocycles. The molecule has 7 nitrogen and oxygen atoms in total. The summed E-state index contributed by atoms with van der Waals surface area (Å²) in [6.07, 6.45) is 3.33. The van der Waals surface area contributed by atoms with E-state index in [0.29, 0.717) is 6.54 Å². The van der Waals surface area contributed by atoms with Gasteiger partial charge >= 0.3 is 6.03 Å². The Morgan fingerprint density at radius 2 is 1.68 bits per heavy atom. The van der Waals surface area contributed by atoms with Gasteiger partial charge < -0.3 is 10.6 Å². The van der Waals surface area contributed by atoms with Crippen LogP contribution in [0.2, 0.25) is 0 Å². The number of rotatable bonds is 5. The van der Waals surface area contributed by atoms with Crippen LogP contribution >= 0.6 is 0 Å². The number of carbonyl (C=O) groups excluding carboxylic acids is 1. The number of carbonyl (C=O) groups is 1. The van der Waals surface area contributed by atoms with Gasteiger partial charge in [0.1, 0.15) is 0 Å². The predicted octanol–water partition coefficient (Wildman–Crippen LogP) is 0.728. The molecule has 0 aliphatic rings. The molecule has 0 radical (unpaired) electrons. The summed E-state index contributed by atoms with van der Waals surface area (Å²) in [5.41, 5.74) is 1.67. The number of aromatic nitrogens is 1. The van der Waals surface area contributed by atoms with E-state index in [9.17, 15) is 13.2 Å². The minimum absolute atomic E-state index is 0.0391. The van der Waals surface area contributed by atoms with Gasteiger partial charge in [-0.05, 0) is 29.3 Å². The fraction of sp³-hybridized carbons (Fsp3) is 0.143. The van der Waals surface area contributed by atoms with Gasteiger partial charge in [-0.15, -0.1) is 0 Å². The number of nitrogens with zero attached hydrogens (tertiary/aromatic N) is 1. The highest BCUT2D eigenvalue weighted by atomic mass is 32.2. The van der Waals surface area contributed by atoms with Gasteiger partial charge in [-0.2, -0.15) is 0 Å². The lowest BCUT2D eigenvalue weighted by Gasteiger charge is -2.08. The molecule has 0 unspecified atom stereocenters. The van der Waals surface area contributed by atoms with Crippen LogP contribution < -0.4 is 15.8 Å². The first-order valence-corrected chi connectivity index (χ1v) is 8.02. The van der Waals surface area contributed by atoms with Crippen molar-refractivity contribution in [1.82, 2.24) is 15.6 Å². The SMILES string of the molecule is NS(=O)(=O)c1ccc(CNC(=O)NCc2cccnc2)cc1. The summed E-state index contributed by atoms with van der Waals surface area (Å²) in [5, 5.41) is 10.4. The van der Waals surface area contributed by atoms with Crippen molar-refractivity contribution in [2.45, 2.75) is 18.0 Å². The summed E-state index contributed by atoms with van der Waals surface area (Å²) < 4.78 is 22.2. The summed E-state index contributed by atoms with van der Waals surface area (Å²) in [6, 6.07) is 9.34. The smallest absolute Gasteiger partial charge is 0.315 e. The van der Waals surface area contributed by atoms with Crippen molar-refractivity contribution in [3.05, 3.63) is 59.9 Å². The highest BCUT2D eigenvalue weighted by Gasteiger charge is 2.07. The van der Waals surface area contributed by atoms with Gasteiger partial charge in [0.25, 0.3) is 0 Å². The standard InChI is InChI=1S/C14H16N4O3S/c15-22(20,21)13-5-3-11(4-6-13)9-17-14(19)18-10-12-2-1-7-16-8-12/h1-8H,9-10H2,(H2,15,20,21)(H2,17,18,19). The van der Waals surface area contributed by atoms with E-state index in [4.69, 9.17) is 5.14 Å². The Morgan fingerprint density at radius 3 is 2.23 bits per heavy atom. The van der Waals surface area contributed by atoms with Crippen molar-refractivity contribution < 1.29 is 13.2 Å². The molecule has 2 aromatic rings. The molecule has 8 heteroatoms. The Balaban J connectivity index is 1.81. The first kappa shape index (κ1) is 15.9. The lowest BCUT2D eigenvalue weighted by molar-refractivity contribution is 0.240. The second kappa shape index (κ2) is 7.01. The molecule has 1 heterocycles. The van der Waals surface area contributed by atoms with Gasteiger partial charge in [0.05, 0.1) is 4.90 Å². The summed E-state index contributed by atoms with van der Waals surface area (Å²) >= 11 is 0. The Morgan fingerprint density at radius 1 is 1.05 bits per heavy atom. The molecule has 0 atom stereocenters. The van der Waals surface area contributed by atoms with Crippen molar-refractivity contribution in [2.75, 3.05) is 0 Å². The van der Waals surface area contributed by atoms with Crippen LogP contribution in [0, 0.1) is 0 Å². The van der Waals surface area contributed by atoms with E-state index in [0.717, 1.165) is 11.1 Å². The highest BCUT2D eigenvalue weighted by molar-refractivity contribution is 7.89. The van der Waals surface area contributed by atoms with Crippen LogP contribution in [0.25, 0.3) is 0 Å². The van der Waals surface area contributed by atoms with Gasteiger partial charge in [-0.1, -0.05) is 18.2 Å². The number of nitrogens with one attached hydrogen (secondary N) is 2. The molecule has 0 aliphatic carbocycles. The van der Waals surface area contributed by atoms with E-state index in [1.807, 2.05) is 6.07 Å². The van der Waals surface area contributed by atoms with Crippen LogP contribution in [0.4, 0.5) is 4.79 Å². The van der Waals surface area contributed by atoms with Gasteiger partial charge in [-0.25, -0.2) is 18.4 Å². The van der Waals surface area contributed by atoms with Crippen molar-refractivity contribution >= 4 is 16.1 Å². The van der Waals surface area contributed by atoms with Gasteiger partial charge in [0.15, 0.2) is 0 Å². The molecule has 0 saturated heterocycles. The second-order valence-corrected chi connectivity index (χ2v) is 6.15. The van der Waals surface area contributed by atoms with Crippen LogP contribution in [0.5, 0.6) is 0 Å². The molecule has 0 fully saturated rings. The maximum Gasteiger partial charge on any atom is 0.315 e.